The molecule has 1 heterocycles. The maximum atomic E-state index is 13.2. The Morgan fingerprint density at radius 3 is 2.70 bits per heavy atom. The molecule has 3 aromatic rings. The number of halogens is 2. The van der Waals surface area contributed by atoms with Crippen LogP contribution in [0.5, 0.6) is 0 Å². The fraction of sp³-hybridized carbons (Fsp3) is 0.250. The minimum Gasteiger partial charge on any atom is -0.383 e. The summed E-state index contributed by atoms with van der Waals surface area (Å²) < 4.78 is 33.2. The highest BCUT2D eigenvalue weighted by atomic mass is 32.2. The number of thioether (sulfide) groups is 1. The van der Waals surface area contributed by atoms with Gasteiger partial charge in [0.05, 0.1) is 29.9 Å². The van der Waals surface area contributed by atoms with Crippen molar-refractivity contribution in [2.24, 2.45) is 0 Å². The minimum absolute atomic E-state index is 0.0642. The van der Waals surface area contributed by atoms with E-state index in [1.54, 1.807) is 7.11 Å². The van der Waals surface area contributed by atoms with Crippen molar-refractivity contribution >= 4 is 40.3 Å². The van der Waals surface area contributed by atoms with Gasteiger partial charge in [0.2, 0.25) is 11.8 Å². The molecule has 2 amide bonds. The zero-order valence-corrected chi connectivity index (χ0v) is 17.0. The van der Waals surface area contributed by atoms with Crippen molar-refractivity contribution in [2.75, 3.05) is 31.3 Å². The average molecular weight is 434 g/mol. The van der Waals surface area contributed by atoms with Gasteiger partial charge in [0.1, 0.15) is 0 Å². The number of nitrogens with one attached hydrogen (secondary N) is 2. The quantitative estimate of drug-likeness (QED) is 0.506. The Hall–Kier alpha value is -2.98. The number of rotatable bonds is 9. The molecular formula is C20H20F2N4O3S. The summed E-state index contributed by atoms with van der Waals surface area (Å²) in [5.41, 5.74) is 1.88. The second-order valence-electron chi connectivity index (χ2n) is 6.27. The molecule has 0 saturated carbocycles. The first-order valence-electron chi connectivity index (χ1n) is 9.06. The average Bonchev–Trinajstić information content (AvgIpc) is 3.09. The Kier molecular flexibility index (Phi) is 7.36. The molecule has 2 N–H and O–H groups in total. The molecule has 0 aliphatic rings. The summed E-state index contributed by atoms with van der Waals surface area (Å²) in [7, 11) is 1.62. The lowest BCUT2D eigenvalue weighted by Gasteiger charge is -2.09. The van der Waals surface area contributed by atoms with Crippen LogP contribution >= 0.6 is 11.8 Å². The van der Waals surface area contributed by atoms with Crippen LogP contribution in [0, 0.1) is 11.6 Å². The number of methoxy groups -OCH3 is 1. The number of fused-ring (bicyclic) bond motifs is 1. The zero-order valence-electron chi connectivity index (χ0n) is 16.2. The summed E-state index contributed by atoms with van der Waals surface area (Å²) in [4.78, 5) is 28.6. The van der Waals surface area contributed by atoms with E-state index in [1.807, 2.05) is 28.8 Å². The van der Waals surface area contributed by atoms with Crippen molar-refractivity contribution in [3.63, 3.8) is 0 Å². The van der Waals surface area contributed by atoms with E-state index in [2.05, 4.69) is 15.6 Å². The monoisotopic (exact) mass is 434 g/mol. The highest BCUT2D eigenvalue weighted by Crippen LogP contribution is 2.23. The van der Waals surface area contributed by atoms with Gasteiger partial charge < -0.3 is 19.9 Å². The molecule has 7 nitrogen and oxygen atoms in total. The van der Waals surface area contributed by atoms with Crippen molar-refractivity contribution in [3.8, 4) is 0 Å². The molecular weight excluding hydrogens is 414 g/mol. The summed E-state index contributed by atoms with van der Waals surface area (Å²) in [6, 6.07) is 10.7. The molecule has 158 valence electrons. The lowest BCUT2D eigenvalue weighted by molar-refractivity contribution is -0.122. The number of aromatic nitrogens is 2. The lowest BCUT2D eigenvalue weighted by Crippen LogP contribution is -2.34. The van der Waals surface area contributed by atoms with Gasteiger partial charge in [-0.25, -0.2) is 13.8 Å². The molecule has 1 aromatic heterocycles. The number of para-hydroxylation sites is 2. The molecule has 0 unspecified atom stereocenters. The second kappa shape index (κ2) is 10.2. The molecule has 0 atom stereocenters. The van der Waals surface area contributed by atoms with E-state index < -0.39 is 17.5 Å². The number of anilines is 1. The molecule has 3 rings (SSSR count). The van der Waals surface area contributed by atoms with Crippen LogP contribution in [0.1, 0.15) is 0 Å². The summed E-state index contributed by atoms with van der Waals surface area (Å²) in [6.45, 7) is 0.806. The van der Waals surface area contributed by atoms with Crippen LogP contribution in [-0.4, -0.2) is 47.4 Å². The molecule has 2 aromatic carbocycles. The SMILES string of the molecule is COCCn1c(SCC(=O)NCC(=O)Nc2ccc(F)c(F)c2)nc2ccccc21. The summed E-state index contributed by atoms with van der Waals surface area (Å²) in [5, 5.41) is 5.56. The molecule has 0 bridgehead atoms. The van der Waals surface area contributed by atoms with Gasteiger partial charge in [-0.05, 0) is 24.3 Å². The summed E-state index contributed by atoms with van der Waals surface area (Å²) in [6.07, 6.45) is 0. The first kappa shape index (κ1) is 21.7. The van der Waals surface area contributed by atoms with Gasteiger partial charge in [0, 0.05) is 25.4 Å². The number of carbonyl (C=O) groups is 2. The fourth-order valence-electron chi connectivity index (χ4n) is 2.70. The summed E-state index contributed by atoms with van der Waals surface area (Å²) >= 11 is 1.25. The first-order chi connectivity index (χ1) is 14.5. The number of benzene rings is 2. The number of hydrogen-bond acceptors (Lipinski definition) is 5. The van der Waals surface area contributed by atoms with Crippen molar-refractivity contribution in [3.05, 3.63) is 54.1 Å². The Balaban J connectivity index is 1.53. The summed E-state index contributed by atoms with van der Waals surface area (Å²) in [5.74, 6) is -2.91. The lowest BCUT2D eigenvalue weighted by atomic mass is 10.3. The normalized spacial score (nSPS) is 10.9. The topological polar surface area (TPSA) is 85.2 Å². The van der Waals surface area contributed by atoms with Gasteiger partial charge >= 0.3 is 0 Å². The smallest absolute Gasteiger partial charge is 0.243 e. The van der Waals surface area contributed by atoms with E-state index in [0.29, 0.717) is 18.3 Å². The molecule has 0 radical (unpaired) electrons. The van der Waals surface area contributed by atoms with E-state index in [4.69, 9.17) is 4.74 Å². The van der Waals surface area contributed by atoms with Crippen LogP contribution in [0.2, 0.25) is 0 Å². The Labute approximate surface area is 175 Å². The van der Waals surface area contributed by atoms with Crippen molar-refractivity contribution in [1.29, 1.82) is 0 Å². The van der Waals surface area contributed by atoms with E-state index in [1.165, 1.54) is 17.8 Å². The predicted octanol–water partition coefficient (Wildman–Crippen LogP) is 2.81. The number of hydrogen-bond donors (Lipinski definition) is 2. The predicted molar refractivity (Wildman–Crippen MR) is 110 cm³/mol. The molecule has 0 saturated heterocycles. The van der Waals surface area contributed by atoms with E-state index in [0.717, 1.165) is 23.2 Å². The molecule has 0 fully saturated rings. The number of imidazole rings is 1. The number of carbonyl (C=O) groups excluding carboxylic acids is 2. The van der Waals surface area contributed by atoms with Crippen LogP contribution in [-0.2, 0) is 20.9 Å². The molecule has 0 aliphatic carbocycles. The van der Waals surface area contributed by atoms with Gasteiger partial charge in [-0.3, -0.25) is 9.59 Å². The molecule has 0 spiro atoms. The van der Waals surface area contributed by atoms with Crippen LogP contribution in [0.15, 0.2) is 47.6 Å². The fourth-order valence-corrected chi connectivity index (χ4v) is 3.57. The van der Waals surface area contributed by atoms with Gasteiger partial charge in [-0.15, -0.1) is 0 Å². The third kappa shape index (κ3) is 5.55. The number of nitrogens with zero attached hydrogens (tertiary/aromatic N) is 2. The third-order valence-corrected chi connectivity index (χ3v) is 5.10. The molecule has 30 heavy (non-hydrogen) atoms. The van der Waals surface area contributed by atoms with Gasteiger partial charge in [0.15, 0.2) is 16.8 Å². The van der Waals surface area contributed by atoms with Crippen LogP contribution in [0.25, 0.3) is 11.0 Å². The van der Waals surface area contributed by atoms with E-state index in [-0.39, 0.29) is 23.9 Å². The molecule has 0 aliphatic heterocycles. The van der Waals surface area contributed by atoms with Crippen LogP contribution in [0.4, 0.5) is 14.5 Å². The van der Waals surface area contributed by atoms with Gasteiger partial charge in [-0.2, -0.15) is 0 Å². The van der Waals surface area contributed by atoms with Crippen LogP contribution < -0.4 is 10.6 Å². The maximum absolute atomic E-state index is 13.2. The maximum Gasteiger partial charge on any atom is 0.243 e. The minimum atomic E-state index is -1.07. The highest BCUT2D eigenvalue weighted by Gasteiger charge is 2.13. The van der Waals surface area contributed by atoms with Crippen molar-refractivity contribution in [2.45, 2.75) is 11.7 Å². The van der Waals surface area contributed by atoms with Gasteiger partial charge in [-0.1, -0.05) is 23.9 Å². The van der Waals surface area contributed by atoms with E-state index >= 15 is 0 Å². The Morgan fingerprint density at radius 2 is 1.93 bits per heavy atom. The number of amides is 2. The number of ether oxygens (including phenoxy) is 1. The van der Waals surface area contributed by atoms with Gasteiger partial charge in [0.25, 0.3) is 0 Å². The Morgan fingerprint density at radius 1 is 1.13 bits per heavy atom. The Bertz CT molecular complexity index is 1060. The molecule has 10 heteroatoms. The third-order valence-electron chi connectivity index (χ3n) is 4.12. The second-order valence-corrected chi connectivity index (χ2v) is 7.21. The van der Waals surface area contributed by atoms with Crippen molar-refractivity contribution < 1.29 is 23.1 Å². The van der Waals surface area contributed by atoms with Crippen LogP contribution in [0.3, 0.4) is 0 Å². The first-order valence-corrected chi connectivity index (χ1v) is 10.0. The van der Waals surface area contributed by atoms with E-state index in [9.17, 15) is 18.4 Å². The van der Waals surface area contributed by atoms with Crippen molar-refractivity contribution in [1.82, 2.24) is 14.9 Å². The zero-order chi connectivity index (χ0) is 21.5. The highest BCUT2D eigenvalue weighted by molar-refractivity contribution is 7.99. The standard InChI is InChI=1S/C20H20F2N4O3S/c1-29-9-8-26-17-5-3-2-4-16(17)25-20(26)30-12-19(28)23-11-18(27)24-13-6-7-14(21)15(22)10-13/h2-7,10H,8-9,11-12H2,1H3,(H,23,28)(H,24,27). The largest absolute Gasteiger partial charge is 0.383 e.